The third-order valence-electron chi connectivity index (χ3n) is 2.97. The van der Waals surface area contributed by atoms with Crippen LogP contribution in [0.25, 0.3) is 0 Å². The summed E-state index contributed by atoms with van der Waals surface area (Å²) in [5, 5.41) is 5.15. The van der Waals surface area contributed by atoms with E-state index in [9.17, 15) is 0 Å². The van der Waals surface area contributed by atoms with Crippen molar-refractivity contribution in [3.05, 3.63) is 48.3 Å². The van der Waals surface area contributed by atoms with E-state index in [0.717, 1.165) is 24.0 Å². The van der Waals surface area contributed by atoms with Crippen LogP contribution >= 0.6 is 15.9 Å². The highest BCUT2D eigenvalue weighted by atomic mass is 79.9. The van der Waals surface area contributed by atoms with Crippen molar-refractivity contribution in [2.24, 2.45) is 0 Å². The fourth-order valence-corrected chi connectivity index (χ4v) is 2.48. The molecule has 19 heavy (non-hydrogen) atoms. The number of halogens is 1. The number of hydrogen-bond donors (Lipinski definition) is 0. The van der Waals surface area contributed by atoms with E-state index in [1.54, 1.807) is 6.20 Å². The van der Waals surface area contributed by atoms with Gasteiger partial charge in [-0.05, 0) is 12.0 Å². The SMILES string of the molecule is CCCn1cc(OCC(CBr)c2ccccc2)cn1. The average Bonchev–Trinajstić information content (AvgIpc) is 2.89. The topological polar surface area (TPSA) is 27.1 Å². The summed E-state index contributed by atoms with van der Waals surface area (Å²) in [6, 6.07) is 10.4. The average molecular weight is 323 g/mol. The number of hydrogen-bond acceptors (Lipinski definition) is 2. The Balaban J connectivity index is 1.92. The fourth-order valence-electron chi connectivity index (χ4n) is 1.92. The van der Waals surface area contributed by atoms with Crippen LogP contribution in [0.15, 0.2) is 42.7 Å². The van der Waals surface area contributed by atoms with Gasteiger partial charge in [-0.3, -0.25) is 4.68 Å². The number of aromatic nitrogens is 2. The predicted molar refractivity (Wildman–Crippen MR) is 81.0 cm³/mol. The zero-order valence-electron chi connectivity index (χ0n) is 11.1. The van der Waals surface area contributed by atoms with Gasteiger partial charge in [0.15, 0.2) is 5.75 Å². The number of alkyl halides is 1. The summed E-state index contributed by atoms with van der Waals surface area (Å²) in [7, 11) is 0. The molecule has 1 aromatic heterocycles. The van der Waals surface area contributed by atoms with Gasteiger partial charge in [0.25, 0.3) is 0 Å². The highest BCUT2D eigenvalue weighted by Crippen LogP contribution is 2.20. The molecule has 0 aliphatic heterocycles. The van der Waals surface area contributed by atoms with E-state index in [1.807, 2.05) is 16.9 Å². The molecule has 1 unspecified atom stereocenters. The van der Waals surface area contributed by atoms with E-state index in [-0.39, 0.29) is 0 Å². The molecule has 0 spiro atoms. The molecule has 1 heterocycles. The zero-order chi connectivity index (χ0) is 13.5. The number of aryl methyl sites for hydroxylation is 1. The first-order chi connectivity index (χ1) is 9.33. The Morgan fingerprint density at radius 2 is 2.11 bits per heavy atom. The molecule has 0 aliphatic carbocycles. The summed E-state index contributed by atoms with van der Waals surface area (Å²) >= 11 is 3.56. The molecule has 4 heteroatoms. The second-order valence-electron chi connectivity index (χ2n) is 4.51. The van der Waals surface area contributed by atoms with Crippen LogP contribution in [-0.4, -0.2) is 21.7 Å². The van der Waals surface area contributed by atoms with Crippen molar-refractivity contribution in [3.63, 3.8) is 0 Å². The van der Waals surface area contributed by atoms with Crippen LogP contribution in [0.4, 0.5) is 0 Å². The van der Waals surface area contributed by atoms with E-state index in [1.165, 1.54) is 5.56 Å². The van der Waals surface area contributed by atoms with Gasteiger partial charge in [0.2, 0.25) is 0 Å². The van der Waals surface area contributed by atoms with Crippen LogP contribution in [0.1, 0.15) is 24.8 Å². The summed E-state index contributed by atoms with van der Waals surface area (Å²) in [6.45, 7) is 3.73. The van der Waals surface area contributed by atoms with Gasteiger partial charge in [-0.1, -0.05) is 53.2 Å². The van der Waals surface area contributed by atoms with Crippen molar-refractivity contribution in [3.8, 4) is 5.75 Å². The largest absolute Gasteiger partial charge is 0.490 e. The van der Waals surface area contributed by atoms with Crippen molar-refractivity contribution in [1.29, 1.82) is 0 Å². The minimum atomic E-state index is 0.357. The normalized spacial score (nSPS) is 12.3. The number of ether oxygens (including phenoxy) is 1. The first-order valence-electron chi connectivity index (χ1n) is 6.59. The number of nitrogens with zero attached hydrogens (tertiary/aromatic N) is 2. The third-order valence-corrected chi connectivity index (χ3v) is 3.75. The molecule has 0 aliphatic rings. The lowest BCUT2D eigenvalue weighted by Crippen LogP contribution is -2.11. The minimum absolute atomic E-state index is 0.357. The molecule has 0 fully saturated rings. The Kier molecular flexibility index (Phi) is 5.45. The van der Waals surface area contributed by atoms with Crippen LogP contribution in [-0.2, 0) is 6.54 Å². The van der Waals surface area contributed by atoms with Crippen LogP contribution < -0.4 is 4.74 Å². The van der Waals surface area contributed by atoms with Gasteiger partial charge in [-0.2, -0.15) is 5.10 Å². The molecule has 0 radical (unpaired) electrons. The van der Waals surface area contributed by atoms with Crippen molar-refractivity contribution < 1.29 is 4.74 Å². The second-order valence-corrected chi connectivity index (χ2v) is 5.16. The first kappa shape index (κ1) is 14.1. The standard InChI is InChI=1S/C15H19BrN2O/c1-2-8-18-11-15(10-17-18)19-12-14(9-16)13-6-4-3-5-7-13/h3-7,10-11,14H,2,8-9,12H2,1H3. The van der Waals surface area contributed by atoms with Crippen molar-refractivity contribution >= 4 is 15.9 Å². The quantitative estimate of drug-likeness (QED) is 0.724. The molecular weight excluding hydrogens is 304 g/mol. The molecular formula is C15H19BrN2O. The molecule has 3 nitrogen and oxygen atoms in total. The van der Waals surface area contributed by atoms with Gasteiger partial charge in [0.1, 0.15) is 0 Å². The molecule has 2 aromatic rings. The van der Waals surface area contributed by atoms with E-state index < -0.39 is 0 Å². The van der Waals surface area contributed by atoms with Crippen molar-refractivity contribution in [2.75, 3.05) is 11.9 Å². The summed E-state index contributed by atoms with van der Waals surface area (Å²) in [5.74, 6) is 1.20. The number of benzene rings is 1. The summed E-state index contributed by atoms with van der Waals surface area (Å²) < 4.78 is 7.74. The van der Waals surface area contributed by atoms with Gasteiger partial charge < -0.3 is 4.74 Å². The molecule has 0 N–H and O–H groups in total. The Bertz CT molecular complexity index is 484. The molecule has 1 aromatic carbocycles. The lowest BCUT2D eigenvalue weighted by atomic mass is 10.0. The lowest BCUT2D eigenvalue weighted by Gasteiger charge is -2.14. The van der Waals surface area contributed by atoms with Crippen LogP contribution in [0, 0.1) is 0 Å². The predicted octanol–water partition coefficient (Wildman–Crippen LogP) is 3.85. The van der Waals surface area contributed by atoms with Crippen LogP contribution in [0.3, 0.4) is 0 Å². The Hall–Kier alpha value is -1.29. The van der Waals surface area contributed by atoms with Gasteiger partial charge >= 0.3 is 0 Å². The summed E-state index contributed by atoms with van der Waals surface area (Å²) in [4.78, 5) is 0. The highest BCUT2D eigenvalue weighted by Gasteiger charge is 2.11. The monoisotopic (exact) mass is 322 g/mol. The van der Waals surface area contributed by atoms with E-state index in [4.69, 9.17) is 4.74 Å². The Labute approximate surface area is 122 Å². The smallest absolute Gasteiger partial charge is 0.157 e. The van der Waals surface area contributed by atoms with E-state index >= 15 is 0 Å². The molecule has 0 saturated heterocycles. The summed E-state index contributed by atoms with van der Waals surface area (Å²) in [6.07, 6.45) is 4.82. The van der Waals surface area contributed by atoms with E-state index in [0.29, 0.717) is 12.5 Å². The van der Waals surface area contributed by atoms with Crippen LogP contribution in [0.2, 0.25) is 0 Å². The molecule has 2 rings (SSSR count). The minimum Gasteiger partial charge on any atom is -0.490 e. The van der Waals surface area contributed by atoms with Crippen LogP contribution in [0.5, 0.6) is 5.75 Å². The maximum absolute atomic E-state index is 5.83. The van der Waals surface area contributed by atoms with Gasteiger partial charge in [-0.25, -0.2) is 0 Å². The first-order valence-corrected chi connectivity index (χ1v) is 7.71. The molecule has 1 atom stereocenters. The molecule has 102 valence electrons. The zero-order valence-corrected chi connectivity index (χ0v) is 12.7. The Morgan fingerprint density at radius 3 is 2.79 bits per heavy atom. The Morgan fingerprint density at radius 1 is 1.32 bits per heavy atom. The van der Waals surface area contributed by atoms with E-state index in [2.05, 4.69) is 52.2 Å². The number of rotatable bonds is 7. The maximum Gasteiger partial charge on any atom is 0.157 e. The fraction of sp³-hybridized carbons (Fsp3) is 0.400. The van der Waals surface area contributed by atoms with Crippen molar-refractivity contribution in [1.82, 2.24) is 9.78 Å². The lowest BCUT2D eigenvalue weighted by molar-refractivity contribution is 0.297. The summed E-state index contributed by atoms with van der Waals surface area (Å²) in [5.41, 5.74) is 1.29. The van der Waals surface area contributed by atoms with Gasteiger partial charge in [0.05, 0.1) is 19.0 Å². The van der Waals surface area contributed by atoms with Crippen molar-refractivity contribution in [2.45, 2.75) is 25.8 Å². The molecule has 0 amide bonds. The van der Waals surface area contributed by atoms with Gasteiger partial charge in [-0.15, -0.1) is 0 Å². The highest BCUT2D eigenvalue weighted by molar-refractivity contribution is 9.09. The second kappa shape index (κ2) is 7.34. The molecule has 0 saturated carbocycles. The van der Waals surface area contributed by atoms with Gasteiger partial charge in [0, 0.05) is 17.8 Å². The molecule has 0 bridgehead atoms. The third kappa shape index (κ3) is 4.10. The maximum atomic E-state index is 5.83.